The summed E-state index contributed by atoms with van der Waals surface area (Å²) in [6, 6.07) is 0. The predicted molar refractivity (Wildman–Crippen MR) is 108 cm³/mol. The van der Waals surface area contributed by atoms with Crippen molar-refractivity contribution in [3.63, 3.8) is 0 Å². The molecular weight excluding hydrogens is 358 g/mol. The molecule has 0 spiro atoms. The second-order valence-corrected chi connectivity index (χ2v) is 8.33. The number of nitrogens with zero attached hydrogens (tertiary/aromatic N) is 5. The lowest BCUT2D eigenvalue weighted by Crippen LogP contribution is -2.33. The minimum absolute atomic E-state index is 0.963. The van der Waals surface area contributed by atoms with Crippen molar-refractivity contribution in [1.29, 1.82) is 0 Å². The van der Waals surface area contributed by atoms with E-state index in [1.165, 1.54) is 27.1 Å². The van der Waals surface area contributed by atoms with E-state index in [1.807, 2.05) is 76.3 Å². The molecule has 0 amide bonds. The molecule has 0 aliphatic carbocycles. The van der Waals surface area contributed by atoms with Crippen LogP contribution in [-0.4, -0.2) is 9.78 Å². The van der Waals surface area contributed by atoms with E-state index in [2.05, 4.69) is 42.1 Å². The van der Waals surface area contributed by atoms with Crippen LogP contribution in [0.4, 0.5) is 0 Å². The lowest BCUT2D eigenvalue weighted by molar-refractivity contribution is -0.687. The van der Waals surface area contributed by atoms with Gasteiger partial charge in [-0.15, -0.1) is 4.68 Å². The molecule has 0 N–H and O–H groups in total. The molecule has 0 unspecified atom stereocenters. The lowest BCUT2D eigenvalue weighted by atomic mass is 10.4. The third-order valence-corrected chi connectivity index (χ3v) is 6.48. The van der Waals surface area contributed by atoms with Crippen molar-refractivity contribution in [2.24, 2.45) is 28.2 Å². The molecular formula is C20H36N5OS+3. The van der Waals surface area contributed by atoms with Gasteiger partial charge in [-0.25, -0.2) is 4.57 Å². The van der Waals surface area contributed by atoms with Crippen molar-refractivity contribution in [3.8, 4) is 0 Å². The van der Waals surface area contributed by atoms with E-state index < -0.39 is 0 Å². The molecule has 150 valence electrons. The van der Waals surface area contributed by atoms with Crippen molar-refractivity contribution >= 4 is 11.3 Å². The number of oxazole rings is 1. The summed E-state index contributed by atoms with van der Waals surface area (Å²) < 4.78 is 13.5. The van der Waals surface area contributed by atoms with E-state index in [0.717, 1.165) is 17.5 Å². The van der Waals surface area contributed by atoms with Gasteiger partial charge in [-0.2, -0.15) is 9.13 Å². The zero-order valence-corrected chi connectivity index (χ0v) is 19.9. The largest absolute Gasteiger partial charge is 0.407 e. The van der Waals surface area contributed by atoms with Gasteiger partial charge in [0.2, 0.25) is 16.5 Å². The van der Waals surface area contributed by atoms with E-state index in [9.17, 15) is 0 Å². The Hall–Kier alpha value is -2.02. The summed E-state index contributed by atoms with van der Waals surface area (Å²) in [5.74, 6) is 4.20. The van der Waals surface area contributed by atoms with Gasteiger partial charge in [0.15, 0.2) is 11.5 Å². The molecule has 3 rings (SSSR count). The minimum atomic E-state index is 0.963. The summed E-state index contributed by atoms with van der Waals surface area (Å²) in [7, 11) is 8.06. The standard InChI is InChI=1S/C7H12NO.C7H12NS.C6H12N3/c2*1-5-6(2)9-7(3)8(5)4;1-5-7-9(4)6(2)8(5)3/h3*1-4H3/q3*+1. The van der Waals surface area contributed by atoms with Gasteiger partial charge in [0.25, 0.3) is 5.82 Å². The van der Waals surface area contributed by atoms with Crippen molar-refractivity contribution in [2.45, 2.75) is 55.4 Å². The number of rotatable bonds is 0. The Balaban J connectivity index is 0.000000202. The molecule has 0 saturated carbocycles. The van der Waals surface area contributed by atoms with Crippen molar-refractivity contribution in [1.82, 2.24) is 9.78 Å². The molecule has 0 fully saturated rings. The number of aryl methyl sites for hydroxylation is 6. The van der Waals surface area contributed by atoms with Gasteiger partial charge < -0.3 is 4.42 Å². The highest BCUT2D eigenvalue weighted by atomic mass is 32.1. The second kappa shape index (κ2) is 9.26. The van der Waals surface area contributed by atoms with Crippen LogP contribution in [0.1, 0.15) is 44.6 Å². The maximum Gasteiger partial charge on any atom is 0.343 e. The highest BCUT2D eigenvalue weighted by molar-refractivity contribution is 7.11. The number of aromatic nitrogens is 5. The summed E-state index contributed by atoms with van der Waals surface area (Å²) in [6.07, 6.45) is 0. The van der Waals surface area contributed by atoms with Crippen LogP contribution in [0.3, 0.4) is 0 Å². The molecule has 27 heavy (non-hydrogen) atoms. The maximum absolute atomic E-state index is 5.31. The van der Waals surface area contributed by atoms with Crippen LogP contribution in [0.25, 0.3) is 0 Å². The highest BCUT2D eigenvalue weighted by Gasteiger charge is 2.13. The first kappa shape index (κ1) is 23.0. The predicted octanol–water partition coefficient (Wildman–Crippen LogP) is 2.39. The Morgan fingerprint density at radius 3 is 1.48 bits per heavy atom. The van der Waals surface area contributed by atoms with E-state index >= 15 is 0 Å². The molecule has 6 nitrogen and oxygen atoms in total. The Morgan fingerprint density at radius 2 is 1.37 bits per heavy atom. The fourth-order valence-electron chi connectivity index (χ4n) is 2.48. The summed E-state index contributed by atoms with van der Waals surface area (Å²) >= 11 is 1.86. The fraction of sp³-hybridized carbons (Fsp3) is 0.600. The van der Waals surface area contributed by atoms with Gasteiger partial charge in [0.1, 0.15) is 14.1 Å². The third kappa shape index (κ3) is 5.48. The second-order valence-electron chi connectivity index (χ2n) is 6.92. The van der Waals surface area contributed by atoms with Crippen LogP contribution >= 0.6 is 11.3 Å². The van der Waals surface area contributed by atoms with E-state index in [4.69, 9.17) is 4.42 Å². The zero-order valence-electron chi connectivity index (χ0n) is 19.1. The summed E-state index contributed by atoms with van der Waals surface area (Å²) in [5.41, 5.74) is 2.59. The van der Waals surface area contributed by atoms with E-state index in [0.29, 0.717) is 0 Å². The molecule has 7 heteroatoms. The number of hydrogen-bond donors (Lipinski definition) is 0. The van der Waals surface area contributed by atoms with Gasteiger partial charge in [-0.05, 0) is 6.92 Å². The first-order chi connectivity index (χ1) is 12.4. The SMILES string of the molecule is Cc1nn(C)c(C)[n+]1C.Cc1oc(C)[n+](C)c1C.Cc1sc(C)[n+](C)c1C. The minimum Gasteiger partial charge on any atom is -0.407 e. The topological polar surface area (TPSA) is 42.6 Å². The highest BCUT2D eigenvalue weighted by Crippen LogP contribution is 2.11. The average molecular weight is 395 g/mol. The monoisotopic (exact) mass is 394 g/mol. The van der Waals surface area contributed by atoms with Gasteiger partial charge in [0.05, 0.1) is 25.9 Å². The maximum atomic E-state index is 5.31. The first-order valence-corrected chi connectivity index (χ1v) is 9.91. The molecule has 3 aromatic rings. The van der Waals surface area contributed by atoms with Crippen LogP contribution in [0, 0.1) is 55.4 Å². The average Bonchev–Trinajstić information content (AvgIpc) is 3.07. The molecule has 0 aromatic carbocycles. The van der Waals surface area contributed by atoms with Crippen LogP contribution < -0.4 is 13.7 Å². The Labute approximate surface area is 167 Å². The summed E-state index contributed by atoms with van der Waals surface area (Å²) in [4.78, 5) is 1.43. The molecule has 0 aliphatic heterocycles. The normalized spacial score (nSPS) is 10.2. The third-order valence-electron chi connectivity index (χ3n) is 5.31. The fourth-order valence-corrected chi connectivity index (χ4v) is 3.48. The first-order valence-electron chi connectivity index (χ1n) is 9.09. The Bertz CT molecular complexity index is 731. The number of thiazole rings is 1. The van der Waals surface area contributed by atoms with E-state index in [-0.39, 0.29) is 0 Å². The Morgan fingerprint density at radius 1 is 0.815 bits per heavy atom. The zero-order chi connectivity index (χ0) is 21.0. The van der Waals surface area contributed by atoms with Crippen LogP contribution in [0.2, 0.25) is 0 Å². The molecule has 3 aromatic heterocycles. The molecule has 0 atom stereocenters. The molecule has 0 radical (unpaired) electrons. The van der Waals surface area contributed by atoms with Gasteiger partial charge in [-0.3, -0.25) is 0 Å². The van der Waals surface area contributed by atoms with Crippen LogP contribution in [0.15, 0.2) is 4.42 Å². The van der Waals surface area contributed by atoms with E-state index in [1.54, 1.807) is 0 Å². The van der Waals surface area contributed by atoms with Gasteiger partial charge >= 0.3 is 5.89 Å². The van der Waals surface area contributed by atoms with Crippen LogP contribution in [-0.2, 0) is 28.2 Å². The van der Waals surface area contributed by atoms with Crippen molar-refractivity contribution in [2.75, 3.05) is 0 Å². The summed E-state index contributed by atoms with van der Waals surface area (Å²) in [6.45, 7) is 16.5. The lowest BCUT2D eigenvalue weighted by Gasteiger charge is -1.85. The molecule has 0 aliphatic rings. The molecule has 0 bridgehead atoms. The number of hydrogen-bond acceptors (Lipinski definition) is 3. The van der Waals surface area contributed by atoms with Crippen molar-refractivity contribution in [3.05, 3.63) is 44.6 Å². The molecule has 0 saturated heterocycles. The van der Waals surface area contributed by atoms with Gasteiger partial charge in [-0.1, -0.05) is 11.3 Å². The Kier molecular flexibility index (Phi) is 7.90. The molecule has 3 heterocycles. The van der Waals surface area contributed by atoms with Gasteiger partial charge in [0, 0.05) is 46.6 Å². The smallest absolute Gasteiger partial charge is 0.343 e. The van der Waals surface area contributed by atoms with Crippen LogP contribution in [0.5, 0.6) is 0 Å². The quantitative estimate of drug-likeness (QED) is 0.550. The van der Waals surface area contributed by atoms with Crippen molar-refractivity contribution < 1.29 is 18.1 Å². The summed E-state index contributed by atoms with van der Waals surface area (Å²) in [5, 5.41) is 5.57.